The number of urea groups is 1. The van der Waals surface area contributed by atoms with Gasteiger partial charge in [-0.2, -0.15) is 0 Å². The monoisotopic (exact) mass is 414 g/mol. The fourth-order valence-electron chi connectivity index (χ4n) is 3.55. The van der Waals surface area contributed by atoms with Crippen molar-refractivity contribution in [2.24, 2.45) is 5.92 Å². The Kier molecular flexibility index (Phi) is 5.05. The minimum atomic E-state index is 0.128. The lowest BCUT2D eigenvalue weighted by molar-refractivity contribution is 0.166. The molecule has 120 valence electrons. The molecule has 0 bridgehead atoms. The van der Waals surface area contributed by atoms with Crippen LogP contribution in [0.1, 0.15) is 25.7 Å². The van der Waals surface area contributed by atoms with Gasteiger partial charge in [-0.15, -0.1) is 0 Å². The fourth-order valence-corrected chi connectivity index (χ4v) is 3.87. The number of nitrogens with zero attached hydrogens (tertiary/aromatic N) is 3. The summed E-state index contributed by atoms with van der Waals surface area (Å²) in [6.07, 6.45) is 6.57. The molecule has 1 saturated heterocycles. The number of rotatable bonds is 4. The normalized spacial score (nSPS) is 25.2. The van der Waals surface area contributed by atoms with E-state index >= 15 is 0 Å². The van der Waals surface area contributed by atoms with E-state index in [1.54, 1.807) is 0 Å². The number of anilines is 1. The maximum Gasteiger partial charge on any atom is 0.317 e. The number of hydrogen-bond donors (Lipinski definition) is 1. The number of nitrogens with one attached hydrogen (secondary N) is 1. The highest BCUT2D eigenvalue weighted by Crippen LogP contribution is 2.29. The Hall–Kier alpha value is -1.05. The van der Waals surface area contributed by atoms with Gasteiger partial charge in [-0.25, -0.2) is 9.78 Å². The van der Waals surface area contributed by atoms with E-state index in [-0.39, 0.29) is 6.03 Å². The molecule has 0 unspecified atom stereocenters. The Labute approximate surface area is 145 Å². The third kappa shape index (κ3) is 3.64. The number of carbonyl (C=O) groups excluding carboxylic acids is 1. The first-order valence-corrected chi connectivity index (χ1v) is 9.08. The van der Waals surface area contributed by atoms with Crippen LogP contribution in [0.4, 0.5) is 10.6 Å². The van der Waals surface area contributed by atoms with Crippen LogP contribution in [0.5, 0.6) is 0 Å². The average Bonchev–Trinajstić information content (AvgIpc) is 2.95. The second-order valence-corrected chi connectivity index (χ2v) is 7.56. The van der Waals surface area contributed by atoms with Gasteiger partial charge in [0.15, 0.2) is 0 Å². The lowest BCUT2D eigenvalue weighted by atomic mass is 9.85. The standard InChI is InChI=1S/C16H23IN4O/c1-20(15-7-4-13(17)10-19-15)11-12-2-5-14(6-3-12)21-9-8-18-16(21)22/h4,7,10,12,14H,2-3,5-6,8-9,11H2,1H3,(H,18,22). The van der Waals surface area contributed by atoms with E-state index in [1.165, 1.54) is 16.4 Å². The molecule has 2 aliphatic rings. The second kappa shape index (κ2) is 7.02. The van der Waals surface area contributed by atoms with Crippen molar-refractivity contribution >= 4 is 34.4 Å². The summed E-state index contributed by atoms with van der Waals surface area (Å²) in [5, 5.41) is 2.91. The van der Waals surface area contributed by atoms with Gasteiger partial charge in [0.1, 0.15) is 5.82 Å². The van der Waals surface area contributed by atoms with Crippen molar-refractivity contribution in [1.82, 2.24) is 15.2 Å². The SMILES string of the molecule is CN(CC1CCC(N2CCNC2=O)CC1)c1ccc(I)cn1. The lowest BCUT2D eigenvalue weighted by Crippen LogP contribution is -2.41. The topological polar surface area (TPSA) is 48.5 Å². The van der Waals surface area contributed by atoms with Crippen molar-refractivity contribution in [2.75, 3.05) is 31.6 Å². The summed E-state index contributed by atoms with van der Waals surface area (Å²) in [6.45, 7) is 2.73. The quantitative estimate of drug-likeness (QED) is 0.771. The maximum atomic E-state index is 11.7. The van der Waals surface area contributed by atoms with Crippen LogP contribution in [-0.2, 0) is 0 Å². The zero-order valence-electron chi connectivity index (χ0n) is 13.0. The van der Waals surface area contributed by atoms with Crippen molar-refractivity contribution in [2.45, 2.75) is 31.7 Å². The molecule has 0 spiro atoms. The van der Waals surface area contributed by atoms with Crippen LogP contribution in [0.2, 0.25) is 0 Å². The van der Waals surface area contributed by atoms with Gasteiger partial charge in [0.25, 0.3) is 0 Å². The van der Waals surface area contributed by atoms with Gasteiger partial charge < -0.3 is 15.1 Å². The Balaban J connectivity index is 1.49. The van der Waals surface area contributed by atoms with Crippen LogP contribution in [0.25, 0.3) is 0 Å². The predicted octanol–water partition coefficient (Wildman–Crippen LogP) is 2.71. The van der Waals surface area contributed by atoms with E-state index in [0.717, 1.165) is 38.3 Å². The Morgan fingerprint density at radius 3 is 2.73 bits per heavy atom. The molecule has 1 N–H and O–H groups in total. The summed E-state index contributed by atoms with van der Waals surface area (Å²) in [7, 11) is 2.12. The number of pyridine rings is 1. The number of hydrogen-bond acceptors (Lipinski definition) is 3. The summed E-state index contributed by atoms with van der Waals surface area (Å²) in [4.78, 5) is 20.5. The summed E-state index contributed by atoms with van der Waals surface area (Å²) in [6, 6.07) is 4.76. The number of aromatic nitrogens is 1. The summed E-state index contributed by atoms with van der Waals surface area (Å²) in [5.41, 5.74) is 0. The summed E-state index contributed by atoms with van der Waals surface area (Å²) in [5.74, 6) is 1.74. The van der Waals surface area contributed by atoms with Gasteiger partial charge in [0.2, 0.25) is 0 Å². The van der Waals surface area contributed by atoms with E-state index in [9.17, 15) is 4.79 Å². The molecular weight excluding hydrogens is 391 g/mol. The second-order valence-electron chi connectivity index (χ2n) is 6.32. The molecule has 3 rings (SSSR count). The third-order valence-electron chi connectivity index (χ3n) is 4.78. The molecular formula is C16H23IN4O. The van der Waals surface area contributed by atoms with Crippen molar-refractivity contribution in [3.8, 4) is 0 Å². The molecule has 0 atom stereocenters. The number of amides is 2. The van der Waals surface area contributed by atoms with Gasteiger partial charge in [-0.3, -0.25) is 0 Å². The van der Waals surface area contributed by atoms with E-state index in [2.05, 4.69) is 57.0 Å². The first-order valence-electron chi connectivity index (χ1n) is 8.00. The van der Waals surface area contributed by atoms with Gasteiger partial charge in [-0.05, 0) is 66.3 Å². The first kappa shape index (κ1) is 15.8. The molecule has 5 nitrogen and oxygen atoms in total. The average molecular weight is 414 g/mol. The molecule has 0 aromatic carbocycles. The van der Waals surface area contributed by atoms with E-state index in [4.69, 9.17) is 0 Å². The molecule has 22 heavy (non-hydrogen) atoms. The summed E-state index contributed by atoms with van der Waals surface area (Å²) >= 11 is 2.28. The molecule has 2 heterocycles. The third-order valence-corrected chi connectivity index (χ3v) is 5.42. The van der Waals surface area contributed by atoms with Gasteiger partial charge in [0, 0.05) is 42.5 Å². The highest BCUT2D eigenvalue weighted by Gasteiger charge is 2.31. The molecule has 0 radical (unpaired) electrons. The minimum absolute atomic E-state index is 0.128. The van der Waals surface area contributed by atoms with Crippen LogP contribution in [0, 0.1) is 9.49 Å². The smallest absolute Gasteiger partial charge is 0.317 e. The number of halogens is 1. The lowest BCUT2D eigenvalue weighted by Gasteiger charge is -2.35. The van der Waals surface area contributed by atoms with Crippen LogP contribution in [0.15, 0.2) is 18.3 Å². The van der Waals surface area contributed by atoms with Gasteiger partial charge in [-0.1, -0.05) is 0 Å². The number of carbonyl (C=O) groups is 1. The van der Waals surface area contributed by atoms with Crippen molar-refractivity contribution < 1.29 is 4.79 Å². The Bertz CT molecular complexity index is 513. The van der Waals surface area contributed by atoms with Crippen LogP contribution in [0.3, 0.4) is 0 Å². The molecule has 2 amide bonds. The largest absolute Gasteiger partial charge is 0.359 e. The maximum absolute atomic E-state index is 11.7. The van der Waals surface area contributed by atoms with Gasteiger partial charge >= 0.3 is 6.03 Å². The molecule has 1 aromatic heterocycles. The Morgan fingerprint density at radius 2 is 2.14 bits per heavy atom. The van der Waals surface area contributed by atoms with Crippen LogP contribution < -0.4 is 10.2 Å². The molecule has 6 heteroatoms. The predicted molar refractivity (Wildman–Crippen MR) is 96.1 cm³/mol. The van der Waals surface area contributed by atoms with E-state index < -0.39 is 0 Å². The molecule has 1 aromatic rings. The van der Waals surface area contributed by atoms with Crippen LogP contribution in [-0.4, -0.2) is 48.6 Å². The fraction of sp³-hybridized carbons (Fsp3) is 0.625. The summed E-state index contributed by atoms with van der Waals surface area (Å²) < 4.78 is 1.17. The van der Waals surface area contributed by atoms with Crippen LogP contribution >= 0.6 is 22.6 Å². The Morgan fingerprint density at radius 1 is 1.36 bits per heavy atom. The van der Waals surface area contributed by atoms with Crippen molar-refractivity contribution in [3.05, 3.63) is 21.9 Å². The van der Waals surface area contributed by atoms with E-state index in [0.29, 0.717) is 12.0 Å². The zero-order valence-corrected chi connectivity index (χ0v) is 15.1. The van der Waals surface area contributed by atoms with Crippen molar-refractivity contribution in [1.29, 1.82) is 0 Å². The highest BCUT2D eigenvalue weighted by molar-refractivity contribution is 14.1. The molecule has 1 aliphatic heterocycles. The van der Waals surface area contributed by atoms with Gasteiger partial charge in [0.05, 0.1) is 0 Å². The molecule has 2 fully saturated rings. The van der Waals surface area contributed by atoms with E-state index in [1.807, 2.05) is 11.1 Å². The minimum Gasteiger partial charge on any atom is -0.359 e. The zero-order chi connectivity index (χ0) is 15.5. The highest BCUT2D eigenvalue weighted by atomic mass is 127. The molecule has 1 saturated carbocycles. The van der Waals surface area contributed by atoms with Crippen molar-refractivity contribution in [3.63, 3.8) is 0 Å². The first-order chi connectivity index (χ1) is 10.6. The molecule has 1 aliphatic carbocycles.